The summed E-state index contributed by atoms with van der Waals surface area (Å²) in [4.78, 5) is 11.5. The number of methoxy groups -OCH3 is 1. The first kappa shape index (κ1) is 12.5. The third-order valence-corrected chi connectivity index (χ3v) is 2.42. The number of anilines is 1. The number of nitrogens with two attached hydrogens (primary N) is 1. The third-order valence-electron chi connectivity index (χ3n) is 2.42. The van der Waals surface area contributed by atoms with Crippen LogP contribution in [0.3, 0.4) is 0 Å². The highest BCUT2D eigenvalue weighted by Crippen LogP contribution is 2.22. The van der Waals surface area contributed by atoms with Crippen molar-refractivity contribution in [3.05, 3.63) is 11.3 Å². The normalized spacial score (nSPS) is 10.8. The van der Waals surface area contributed by atoms with Crippen LogP contribution in [0.4, 0.5) is 5.82 Å². The lowest BCUT2D eigenvalue weighted by Gasteiger charge is -2.07. The summed E-state index contributed by atoms with van der Waals surface area (Å²) in [7, 11) is 1.35. The van der Waals surface area contributed by atoms with E-state index in [4.69, 9.17) is 10.5 Å². The molecule has 5 nitrogen and oxygen atoms in total. The summed E-state index contributed by atoms with van der Waals surface area (Å²) < 4.78 is 6.36. The van der Waals surface area contributed by atoms with Crippen LogP contribution in [0.15, 0.2) is 0 Å². The molecule has 2 N–H and O–H groups in total. The molecule has 0 bridgehead atoms. The van der Waals surface area contributed by atoms with Crippen LogP contribution in [0, 0.1) is 0 Å². The van der Waals surface area contributed by atoms with Gasteiger partial charge in [-0.05, 0) is 20.3 Å². The molecule has 0 atom stereocenters. The minimum absolute atomic E-state index is 0.133. The van der Waals surface area contributed by atoms with Gasteiger partial charge in [-0.2, -0.15) is 5.10 Å². The van der Waals surface area contributed by atoms with Gasteiger partial charge in [-0.15, -0.1) is 0 Å². The number of nitrogen functional groups attached to an aromatic ring is 1. The van der Waals surface area contributed by atoms with Crippen molar-refractivity contribution in [1.82, 2.24) is 9.78 Å². The highest BCUT2D eigenvalue weighted by Gasteiger charge is 2.22. The van der Waals surface area contributed by atoms with E-state index in [1.807, 2.05) is 20.8 Å². The Labute approximate surface area is 95.6 Å². The van der Waals surface area contributed by atoms with Crippen LogP contribution in [0.2, 0.25) is 0 Å². The Morgan fingerprint density at radius 2 is 2.19 bits per heavy atom. The molecule has 1 aromatic heterocycles. The van der Waals surface area contributed by atoms with Crippen molar-refractivity contribution in [3.63, 3.8) is 0 Å². The monoisotopic (exact) mass is 225 g/mol. The Kier molecular flexibility index (Phi) is 3.93. The summed E-state index contributed by atoms with van der Waals surface area (Å²) >= 11 is 0. The van der Waals surface area contributed by atoms with Gasteiger partial charge in [0, 0.05) is 11.6 Å². The van der Waals surface area contributed by atoms with Crippen molar-refractivity contribution in [2.24, 2.45) is 0 Å². The van der Waals surface area contributed by atoms with Crippen LogP contribution < -0.4 is 5.73 Å². The van der Waals surface area contributed by atoms with E-state index in [0.717, 1.165) is 18.4 Å². The van der Waals surface area contributed by atoms with Crippen LogP contribution in [0.25, 0.3) is 0 Å². The first-order valence-electron chi connectivity index (χ1n) is 5.48. The Balaban J connectivity index is 3.25. The van der Waals surface area contributed by atoms with Crippen LogP contribution in [0.5, 0.6) is 0 Å². The number of nitrogens with zero attached hydrogens (tertiary/aromatic N) is 2. The second-order valence-corrected chi connectivity index (χ2v) is 3.99. The molecular formula is C11H19N3O2. The fourth-order valence-electron chi connectivity index (χ4n) is 1.63. The smallest absolute Gasteiger partial charge is 0.358 e. The Hall–Kier alpha value is -1.52. The number of rotatable bonds is 4. The van der Waals surface area contributed by atoms with Crippen molar-refractivity contribution in [3.8, 4) is 0 Å². The Bertz CT molecular complexity index is 383. The predicted molar refractivity (Wildman–Crippen MR) is 62.4 cm³/mol. The zero-order valence-electron chi connectivity index (χ0n) is 10.3. The summed E-state index contributed by atoms with van der Waals surface area (Å²) in [6, 6.07) is 0.133. The number of aromatic nitrogens is 2. The minimum atomic E-state index is -0.422. The molecule has 5 heteroatoms. The lowest BCUT2D eigenvalue weighted by atomic mass is 10.1. The van der Waals surface area contributed by atoms with Gasteiger partial charge in [0.2, 0.25) is 0 Å². The maximum atomic E-state index is 11.5. The van der Waals surface area contributed by atoms with E-state index < -0.39 is 5.97 Å². The van der Waals surface area contributed by atoms with Crippen LogP contribution in [-0.2, 0) is 11.2 Å². The van der Waals surface area contributed by atoms with Gasteiger partial charge in [-0.3, -0.25) is 0 Å². The summed E-state index contributed by atoms with van der Waals surface area (Å²) in [5, 5.41) is 4.22. The molecule has 0 saturated heterocycles. The molecule has 0 saturated carbocycles. The molecule has 0 fully saturated rings. The number of hydrogen-bond acceptors (Lipinski definition) is 4. The molecule has 1 heterocycles. The van der Waals surface area contributed by atoms with Crippen LogP contribution in [-0.4, -0.2) is 22.9 Å². The van der Waals surface area contributed by atoms with Crippen molar-refractivity contribution < 1.29 is 9.53 Å². The first-order valence-corrected chi connectivity index (χ1v) is 5.48. The summed E-state index contributed by atoms with van der Waals surface area (Å²) in [5.74, 6) is 0.145. The van der Waals surface area contributed by atoms with Crippen molar-refractivity contribution in [2.45, 2.75) is 39.7 Å². The highest BCUT2D eigenvalue weighted by atomic mass is 16.5. The van der Waals surface area contributed by atoms with E-state index >= 15 is 0 Å². The number of esters is 1. The predicted octanol–water partition coefficient (Wildman–Crippen LogP) is 1.79. The second-order valence-electron chi connectivity index (χ2n) is 3.99. The molecule has 0 aromatic carbocycles. The third kappa shape index (κ3) is 2.18. The molecule has 0 spiro atoms. The van der Waals surface area contributed by atoms with Crippen molar-refractivity contribution in [1.29, 1.82) is 0 Å². The maximum absolute atomic E-state index is 11.5. The van der Waals surface area contributed by atoms with E-state index in [0.29, 0.717) is 11.5 Å². The first-order chi connectivity index (χ1) is 7.52. The number of hydrogen-bond donors (Lipinski definition) is 1. The summed E-state index contributed by atoms with van der Waals surface area (Å²) in [6.07, 6.45) is 1.65. The fourth-order valence-corrected chi connectivity index (χ4v) is 1.63. The van der Waals surface area contributed by atoms with Crippen molar-refractivity contribution >= 4 is 11.8 Å². The molecule has 0 amide bonds. The summed E-state index contributed by atoms with van der Waals surface area (Å²) in [5.41, 5.74) is 7.11. The molecule has 90 valence electrons. The zero-order valence-corrected chi connectivity index (χ0v) is 10.3. The molecular weight excluding hydrogens is 206 g/mol. The lowest BCUT2D eigenvalue weighted by molar-refractivity contribution is 0.0591. The van der Waals surface area contributed by atoms with Crippen molar-refractivity contribution in [2.75, 3.05) is 12.8 Å². The van der Waals surface area contributed by atoms with Gasteiger partial charge < -0.3 is 10.5 Å². The molecule has 0 aliphatic carbocycles. The topological polar surface area (TPSA) is 70.1 Å². The molecule has 0 aliphatic rings. The van der Waals surface area contributed by atoms with E-state index in [2.05, 4.69) is 5.10 Å². The van der Waals surface area contributed by atoms with Crippen LogP contribution in [0.1, 0.15) is 49.3 Å². The van der Waals surface area contributed by atoms with Gasteiger partial charge in [-0.25, -0.2) is 9.48 Å². The number of carbonyl (C=O) groups excluding carboxylic acids is 1. The van der Waals surface area contributed by atoms with E-state index in [-0.39, 0.29) is 6.04 Å². The second kappa shape index (κ2) is 5.01. The standard InChI is InChI=1S/C11H19N3O2/c1-5-6-8-9(11(15)16-4)13-14(7(2)3)10(8)12/h7H,5-6,12H2,1-4H3. The highest BCUT2D eigenvalue weighted by molar-refractivity contribution is 5.90. The average Bonchev–Trinajstić information content (AvgIpc) is 2.57. The Morgan fingerprint density at radius 1 is 1.56 bits per heavy atom. The Morgan fingerprint density at radius 3 is 2.62 bits per heavy atom. The van der Waals surface area contributed by atoms with Gasteiger partial charge in [-0.1, -0.05) is 13.3 Å². The molecule has 0 unspecified atom stereocenters. The quantitative estimate of drug-likeness (QED) is 0.793. The summed E-state index contributed by atoms with van der Waals surface area (Å²) in [6.45, 7) is 5.98. The van der Waals surface area contributed by atoms with Gasteiger partial charge in [0.05, 0.1) is 7.11 Å². The average molecular weight is 225 g/mol. The largest absolute Gasteiger partial charge is 0.464 e. The van der Waals surface area contributed by atoms with Gasteiger partial charge in [0.25, 0.3) is 0 Å². The van der Waals surface area contributed by atoms with Gasteiger partial charge >= 0.3 is 5.97 Å². The molecule has 0 aliphatic heterocycles. The van der Waals surface area contributed by atoms with E-state index in [1.165, 1.54) is 7.11 Å². The lowest BCUT2D eigenvalue weighted by Crippen LogP contribution is -2.08. The van der Waals surface area contributed by atoms with E-state index in [1.54, 1.807) is 4.68 Å². The SMILES string of the molecule is CCCc1c(C(=O)OC)nn(C(C)C)c1N. The van der Waals surface area contributed by atoms with Gasteiger partial charge in [0.1, 0.15) is 5.82 Å². The van der Waals surface area contributed by atoms with Gasteiger partial charge in [0.15, 0.2) is 5.69 Å². The number of carbonyl (C=O) groups is 1. The molecule has 16 heavy (non-hydrogen) atoms. The minimum Gasteiger partial charge on any atom is -0.464 e. The zero-order chi connectivity index (χ0) is 12.3. The van der Waals surface area contributed by atoms with Crippen LogP contribution >= 0.6 is 0 Å². The molecule has 1 rings (SSSR count). The molecule has 0 radical (unpaired) electrons. The fraction of sp³-hybridized carbons (Fsp3) is 0.636. The maximum Gasteiger partial charge on any atom is 0.358 e. The molecule has 1 aromatic rings. The van der Waals surface area contributed by atoms with E-state index in [9.17, 15) is 4.79 Å². The number of ether oxygens (including phenoxy) is 1.